The molecule has 2 rings (SSSR count). The minimum Gasteiger partial charge on any atom is -0.493 e. The fourth-order valence-corrected chi connectivity index (χ4v) is 2.72. The van der Waals surface area contributed by atoms with Gasteiger partial charge in [0.2, 0.25) is 0 Å². The molecular formula is C15H19NO3S. The van der Waals surface area contributed by atoms with Gasteiger partial charge in [-0.25, -0.2) is 4.98 Å². The zero-order valence-corrected chi connectivity index (χ0v) is 12.6. The van der Waals surface area contributed by atoms with Crippen molar-refractivity contribution in [2.75, 3.05) is 13.7 Å². The molecule has 5 heteroatoms. The average molecular weight is 293 g/mol. The number of nitrogens with zero attached hydrogens (tertiary/aromatic N) is 1. The Bertz CT molecular complexity index is 537. The van der Waals surface area contributed by atoms with Crippen molar-refractivity contribution in [1.29, 1.82) is 0 Å². The van der Waals surface area contributed by atoms with Gasteiger partial charge in [-0.1, -0.05) is 17.7 Å². The van der Waals surface area contributed by atoms with Crippen molar-refractivity contribution in [2.24, 2.45) is 0 Å². The van der Waals surface area contributed by atoms with E-state index < -0.39 is 0 Å². The van der Waals surface area contributed by atoms with Gasteiger partial charge < -0.3 is 14.6 Å². The van der Waals surface area contributed by atoms with Gasteiger partial charge in [-0.2, -0.15) is 0 Å². The van der Waals surface area contributed by atoms with Gasteiger partial charge in [0.15, 0.2) is 0 Å². The van der Waals surface area contributed by atoms with Crippen LogP contribution in [-0.4, -0.2) is 23.8 Å². The van der Waals surface area contributed by atoms with E-state index in [1.807, 2.05) is 31.2 Å². The molecule has 0 spiro atoms. The number of aryl methyl sites for hydroxylation is 1. The number of methoxy groups -OCH3 is 1. The second-order valence-electron chi connectivity index (χ2n) is 4.48. The van der Waals surface area contributed by atoms with Crippen LogP contribution in [0, 0.1) is 6.92 Å². The van der Waals surface area contributed by atoms with Crippen molar-refractivity contribution in [3.8, 4) is 5.75 Å². The number of hydrogen-bond acceptors (Lipinski definition) is 5. The van der Waals surface area contributed by atoms with Crippen LogP contribution in [0.2, 0.25) is 0 Å². The van der Waals surface area contributed by atoms with Crippen LogP contribution in [0.4, 0.5) is 0 Å². The van der Waals surface area contributed by atoms with Gasteiger partial charge in [0.05, 0.1) is 35.4 Å². The molecule has 0 amide bonds. The Morgan fingerprint density at radius 1 is 1.25 bits per heavy atom. The number of ether oxygens (including phenoxy) is 2. The molecule has 108 valence electrons. The molecule has 0 atom stereocenters. The number of rotatable bonds is 7. The predicted octanol–water partition coefficient (Wildman–Crippen LogP) is 2.71. The fraction of sp³-hybridized carbons (Fsp3) is 0.400. The summed E-state index contributed by atoms with van der Waals surface area (Å²) in [6, 6.07) is 7.98. The van der Waals surface area contributed by atoms with E-state index in [4.69, 9.17) is 9.47 Å². The Kier molecular flexibility index (Phi) is 5.52. The Labute approximate surface area is 123 Å². The Hall–Kier alpha value is -1.43. The summed E-state index contributed by atoms with van der Waals surface area (Å²) < 4.78 is 10.8. The highest BCUT2D eigenvalue weighted by atomic mass is 32.1. The van der Waals surface area contributed by atoms with Gasteiger partial charge >= 0.3 is 0 Å². The summed E-state index contributed by atoms with van der Waals surface area (Å²) in [5, 5.41) is 10.2. The van der Waals surface area contributed by atoms with Gasteiger partial charge in [0, 0.05) is 13.5 Å². The summed E-state index contributed by atoms with van der Waals surface area (Å²) in [7, 11) is 1.63. The minimum absolute atomic E-state index is 0.00911. The van der Waals surface area contributed by atoms with Crippen LogP contribution in [0.25, 0.3) is 0 Å². The smallest absolute Gasteiger partial charge is 0.119 e. The lowest BCUT2D eigenvalue weighted by Gasteiger charge is -2.04. The van der Waals surface area contributed by atoms with E-state index in [1.165, 1.54) is 16.9 Å². The molecule has 0 unspecified atom stereocenters. The number of hydrogen-bond donors (Lipinski definition) is 1. The van der Waals surface area contributed by atoms with E-state index >= 15 is 0 Å². The van der Waals surface area contributed by atoms with Gasteiger partial charge in [-0.05, 0) is 19.1 Å². The lowest BCUT2D eigenvalue weighted by molar-refractivity contribution is 0.178. The normalized spacial score (nSPS) is 10.8. The maximum atomic E-state index is 9.27. The van der Waals surface area contributed by atoms with Gasteiger partial charge in [-0.3, -0.25) is 0 Å². The third kappa shape index (κ3) is 4.03. The third-order valence-corrected chi connectivity index (χ3v) is 4.00. The molecule has 1 aromatic carbocycles. The Morgan fingerprint density at radius 3 is 2.65 bits per heavy atom. The third-order valence-electron chi connectivity index (χ3n) is 2.85. The molecule has 1 aromatic heterocycles. The number of aromatic nitrogens is 1. The summed E-state index contributed by atoms with van der Waals surface area (Å²) >= 11 is 1.52. The van der Waals surface area contributed by atoms with E-state index in [0.717, 1.165) is 27.7 Å². The van der Waals surface area contributed by atoms with Crippen molar-refractivity contribution >= 4 is 11.3 Å². The molecule has 0 radical (unpaired) electrons. The fourth-order valence-electron chi connectivity index (χ4n) is 1.81. The van der Waals surface area contributed by atoms with Crippen LogP contribution in [-0.2, 0) is 24.4 Å². The molecule has 0 saturated heterocycles. The zero-order chi connectivity index (χ0) is 14.4. The quantitative estimate of drug-likeness (QED) is 0.853. The molecule has 0 aliphatic carbocycles. The number of benzene rings is 1. The zero-order valence-electron chi connectivity index (χ0n) is 11.8. The standard InChI is InChI=1S/C15H19NO3S/c1-11-3-5-12(6-4-11)19-8-7-15-16-13(10-18-2)14(9-17)20-15/h3-6,17H,7-10H2,1-2H3. The summed E-state index contributed by atoms with van der Waals surface area (Å²) in [4.78, 5) is 5.34. The highest BCUT2D eigenvalue weighted by Crippen LogP contribution is 2.20. The number of aliphatic hydroxyl groups excluding tert-OH is 1. The first-order valence-electron chi connectivity index (χ1n) is 6.49. The van der Waals surface area contributed by atoms with Crippen molar-refractivity contribution in [3.63, 3.8) is 0 Å². The maximum absolute atomic E-state index is 9.27. The second-order valence-corrected chi connectivity index (χ2v) is 5.65. The first-order valence-corrected chi connectivity index (χ1v) is 7.31. The van der Waals surface area contributed by atoms with Crippen LogP contribution >= 0.6 is 11.3 Å². The van der Waals surface area contributed by atoms with E-state index in [-0.39, 0.29) is 6.61 Å². The van der Waals surface area contributed by atoms with Crippen LogP contribution in [0.15, 0.2) is 24.3 Å². The molecule has 1 heterocycles. The maximum Gasteiger partial charge on any atom is 0.119 e. The highest BCUT2D eigenvalue weighted by molar-refractivity contribution is 7.11. The van der Waals surface area contributed by atoms with Gasteiger partial charge in [-0.15, -0.1) is 11.3 Å². The lowest BCUT2D eigenvalue weighted by Crippen LogP contribution is -2.01. The summed E-state index contributed by atoms with van der Waals surface area (Å²) in [5.74, 6) is 0.867. The van der Waals surface area contributed by atoms with E-state index in [0.29, 0.717) is 13.2 Å². The Morgan fingerprint density at radius 2 is 2.00 bits per heavy atom. The van der Waals surface area contributed by atoms with Crippen molar-refractivity contribution < 1.29 is 14.6 Å². The molecule has 0 aliphatic heterocycles. The van der Waals surface area contributed by atoms with E-state index in [2.05, 4.69) is 4.98 Å². The number of thiazole rings is 1. The molecule has 0 bridgehead atoms. The van der Waals surface area contributed by atoms with Gasteiger partial charge in [0.25, 0.3) is 0 Å². The Balaban J connectivity index is 1.89. The number of aliphatic hydroxyl groups is 1. The molecule has 4 nitrogen and oxygen atoms in total. The minimum atomic E-state index is 0.00911. The van der Waals surface area contributed by atoms with E-state index in [1.54, 1.807) is 7.11 Å². The molecule has 0 fully saturated rings. The first-order chi connectivity index (χ1) is 9.72. The average Bonchev–Trinajstić information content (AvgIpc) is 2.84. The van der Waals surface area contributed by atoms with Crippen LogP contribution in [0.1, 0.15) is 21.1 Å². The SMILES string of the molecule is COCc1nc(CCOc2ccc(C)cc2)sc1CO. The highest BCUT2D eigenvalue weighted by Gasteiger charge is 2.10. The monoisotopic (exact) mass is 293 g/mol. The van der Waals surface area contributed by atoms with Crippen LogP contribution in [0.5, 0.6) is 5.75 Å². The lowest BCUT2D eigenvalue weighted by atomic mass is 10.2. The molecule has 2 aromatic rings. The molecule has 0 aliphatic rings. The molecule has 20 heavy (non-hydrogen) atoms. The second kappa shape index (κ2) is 7.38. The molecular weight excluding hydrogens is 274 g/mol. The largest absolute Gasteiger partial charge is 0.493 e. The van der Waals surface area contributed by atoms with Crippen LogP contribution in [0.3, 0.4) is 0 Å². The van der Waals surface area contributed by atoms with Crippen LogP contribution < -0.4 is 4.74 Å². The van der Waals surface area contributed by atoms with Crippen molar-refractivity contribution in [3.05, 3.63) is 45.4 Å². The van der Waals surface area contributed by atoms with Gasteiger partial charge in [0.1, 0.15) is 5.75 Å². The molecule has 0 saturated carbocycles. The van der Waals surface area contributed by atoms with Crippen molar-refractivity contribution in [2.45, 2.75) is 26.6 Å². The molecule has 1 N–H and O–H groups in total. The summed E-state index contributed by atoms with van der Waals surface area (Å²) in [5.41, 5.74) is 2.04. The summed E-state index contributed by atoms with van der Waals surface area (Å²) in [6.07, 6.45) is 0.731. The van der Waals surface area contributed by atoms with E-state index in [9.17, 15) is 5.11 Å². The summed E-state index contributed by atoms with van der Waals surface area (Å²) in [6.45, 7) is 3.07. The first kappa shape index (κ1) is 15.0. The predicted molar refractivity (Wildman–Crippen MR) is 79.1 cm³/mol. The van der Waals surface area contributed by atoms with Crippen molar-refractivity contribution in [1.82, 2.24) is 4.98 Å². The topological polar surface area (TPSA) is 51.6 Å².